The van der Waals surface area contributed by atoms with Gasteiger partial charge in [0.15, 0.2) is 0 Å². The summed E-state index contributed by atoms with van der Waals surface area (Å²) in [4.78, 5) is 2.38. The van der Waals surface area contributed by atoms with Gasteiger partial charge in [-0.1, -0.05) is 6.92 Å². The first-order chi connectivity index (χ1) is 9.22. The Bertz CT molecular complexity index is 405. The lowest BCUT2D eigenvalue weighted by Gasteiger charge is -2.32. The van der Waals surface area contributed by atoms with Crippen LogP contribution in [0.4, 0.5) is 10.1 Å². The molecule has 1 aromatic carbocycles. The van der Waals surface area contributed by atoms with E-state index in [1.54, 1.807) is 12.1 Å². The maximum atomic E-state index is 13.5. The molecule has 0 radical (unpaired) electrons. The summed E-state index contributed by atoms with van der Waals surface area (Å²) in [5.41, 5.74) is 2.28. The monoisotopic (exact) mass is 282 g/mol. The molecule has 1 saturated heterocycles. The number of nitrogens with zero attached hydrogens (tertiary/aromatic N) is 1. The molecule has 0 aliphatic carbocycles. The Kier molecular flexibility index (Phi) is 5.52. The molecule has 106 valence electrons. The topological polar surface area (TPSA) is 15.3 Å². The molecule has 4 heteroatoms. The first-order valence-corrected chi connectivity index (χ1v) is 8.23. The van der Waals surface area contributed by atoms with E-state index in [1.165, 1.54) is 5.69 Å². The van der Waals surface area contributed by atoms with Crippen LogP contribution >= 0.6 is 11.8 Å². The number of benzene rings is 1. The van der Waals surface area contributed by atoms with Crippen LogP contribution in [-0.4, -0.2) is 31.1 Å². The molecule has 1 atom stereocenters. The van der Waals surface area contributed by atoms with Gasteiger partial charge in [-0.15, -0.1) is 0 Å². The quantitative estimate of drug-likeness (QED) is 0.890. The Morgan fingerprint density at radius 2 is 2.11 bits per heavy atom. The summed E-state index contributed by atoms with van der Waals surface area (Å²) >= 11 is 1.99. The van der Waals surface area contributed by atoms with E-state index in [4.69, 9.17) is 0 Å². The van der Waals surface area contributed by atoms with Crippen molar-refractivity contribution in [1.29, 1.82) is 0 Å². The van der Waals surface area contributed by atoms with Crippen molar-refractivity contribution in [3.05, 3.63) is 29.6 Å². The smallest absolute Gasteiger partial charge is 0.123 e. The van der Waals surface area contributed by atoms with Crippen molar-refractivity contribution in [1.82, 2.24) is 5.32 Å². The lowest BCUT2D eigenvalue weighted by molar-refractivity contribution is 0.561. The highest BCUT2D eigenvalue weighted by molar-refractivity contribution is 7.99. The fourth-order valence-corrected chi connectivity index (χ4v) is 3.34. The van der Waals surface area contributed by atoms with E-state index in [1.807, 2.05) is 17.8 Å². The van der Waals surface area contributed by atoms with Gasteiger partial charge in [-0.25, -0.2) is 4.39 Å². The highest BCUT2D eigenvalue weighted by atomic mass is 32.2. The number of halogens is 1. The molecule has 0 spiro atoms. The van der Waals surface area contributed by atoms with Gasteiger partial charge in [0.2, 0.25) is 0 Å². The van der Waals surface area contributed by atoms with Crippen molar-refractivity contribution in [2.45, 2.75) is 26.3 Å². The number of hydrogen-bond donors (Lipinski definition) is 1. The summed E-state index contributed by atoms with van der Waals surface area (Å²) in [6.07, 6.45) is 1.09. The fourth-order valence-electron chi connectivity index (χ4n) is 2.44. The predicted octanol–water partition coefficient (Wildman–Crippen LogP) is 3.44. The van der Waals surface area contributed by atoms with Crippen LogP contribution in [0, 0.1) is 5.82 Å². The third-order valence-electron chi connectivity index (χ3n) is 3.51. The standard InChI is InChI=1S/C15H23FN2S/c1-3-6-17-12(2)14-11-13(16)4-5-15(14)18-7-9-19-10-8-18/h4-5,11-12,17H,3,6-10H2,1-2H3. The van der Waals surface area contributed by atoms with Gasteiger partial charge in [0.05, 0.1) is 0 Å². The average molecular weight is 282 g/mol. The number of anilines is 1. The van der Waals surface area contributed by atoms with E-state index in [2.05, 4.69) is 24.1 Å². The Morgan fingerprint density at radius 3 is 2.79 bits per heavy atom. The second-order valence-corrected chi connectivity index (χ2v) is 6.20. The van der Waals surface area contributed by atoms with Crippen LogP contribution in [0.3, 0.4) is 0 Å². The molecule has 1 unspecified atom stereocenters. The summed E-state index contributed by atoms with van der Waals surface area (Å²) in [6, 6.07) is 5.39. The molecule has 19 heavy (non-hydrogen) atoms. The van der Waals surface area contributed by atoms with Crippen LogP contribution in [0.2, 0.25) is 0 Å². The zero-order chi connectivity index (χ0) is 13.7. The molecular formula is C15H23FN2S. The first kappa shape index (κ1) is 14.7. The predicted molar refractivity (Wildman–Crippen MR) is 82.6 cm³/mol. The molecule has 1 heterocycles. The lowest BCUT2D eigenvalue weighted by atomic mass is 10.0. The van der Waals surface area contributed by atoms with E-state index >= 15 is 0 Å². The highest BCUT2D eigenvalue weighted by Gasteiger charge is 2.18. The molecule has 0 bridgehead atoms. The molecule has 1 aliphatic rings. The third kappa shape index (κ3) is 3.86. The van der Waals surface area contributed by atoms with Gasteiger partial charge >= 0.3 is 0 Å². The first-order valence-electron chi connectivity index (χ1n) is 7.08. The number of nitrogens with one attached hydrogen (secondary N) is 1. The maximum Gasteiger partial charge on any atom is 0.123 e. The lowest BCUT2D eigenvalue weighted by Crippen LogP contribution is -2.34. The summed E-state index contributed by atoms with van der Waals surface area (Å²) in [6.45, 7) is 7.35. The third-order valence-corrected chi connectivity index (χ3v) is 4.45. The van der Waals surface area contributed by atoms with Gasteiger partial charge in [-0.05, 0) is 43.7 Å². The molecule has 2 rings (SSSR count). The minimum atomic E-state index is -0.143. The van der Waals surface area contributed by atoms with E-state index in [-0.39, 0.29) is 11.9 Å². The van der Waals surface area contributed by atoms with Crippen LogP contribution in [0.25, 0.3) is 0 Å². The molecule has 0 saturated carbocycles. The van der Waals surface area contributed by atoms with E-state index < -0.39 is 0 Å². The normalized spacial score (nSPS) is 17.5. The zero-order valence-corrected chi connectivity index (χ0v) is 12.6. The second-order valence-electron chi connectivity index (χ2n) is 4.98. The van der Waals surface area contributed by atoms with Gasteiger partial charge in [0.1, 0.15) is 5.82 Å². The van der Waals surface area contributed by atoms with Crippen LogP contribution in [0.15, 0.2) is 18.2 Å². The van der Waals surface area contributed by atoms with Crippen molar-refractivity contribution in [3.63, 3.8) is 0 Å². The van der Waals surface area contributed by atoms with E-state index in [9.17, 15) is 4.39 Å². The van der Waals surface area contributed by atoms with Crippen molar-refractivity contribution in [3.8, 4) is 0 Å². The number of rotatable bonds is 5. The minimum absolute atomic E-state index is 0.143. The van der Waals surface area contributed by atoms with E-state index in [0.29, 0.717) is 0 Å². The van der Waals surface area contributed by atoms with Crippen molar-refractivity contribution < 1.29 is 4.39 Å². The molecule has 1 N–H and O–H groups in total. The Morgan fingerprint density at radius 1 is 1.37 bits per heavy atom. The molecule has 1 fully saturated rings. The average Bonchev–Trinajstić information content (AvgIpc) is 2.45. The van der Waals surface area contributed by atoms with Crippen molar-refractivity contribution >= 4 is 17.4 Å². The van der Waals surface area contributed by atoms with Crippen LogP contribution in [-0.2, 0) is 0 Å². The molecule has 0 amide bonds. The Balaban J connectivity index is 2.21. The zero-order valence-electron chi connectivity index (χ0n) is 11.8. The van der Waals surface area contributed by atoms with Crippen LogP contribution in [0.5, 0.6) is 0 Å². The van der Waals surface area contributed by atoms with Gasteiger partial charge < -0.3 is 10.2 Å². The highest BCUT2D eigenvalue weighted by Crippen LogP contribution is 2.29. The Labute approximate surface area is 119 Å². The maximum absolute atomic E-state index is 13.5. The van der Waals surface area contributed by atoms with Gasteiger partial charge in [0, 0.05) is 36.3 Å². The molecule has 1 aromatic rings. The van der Waals surface area contributed by atoms with Crippen LogP contribution < -0.4 is 10.2 Å². The van der Waals surface area contributed by atoms with Crippen molar-refractivity contribution in [2.24, 2.45) is 0 Å². The summed E-state index contributed by atoms with van der Waals surface area (Å²) in [5, 5.41) is 3.46. The van der Waals surface area contributed by atoms with Gasteiger partial charge in [-0.3, -0.25) is 0 Å². The van der Waals surface area contributed by atoms with Gasteiger partial charge in [0.25, 0.3) is 0 Å². The molecular weight excluding hydrogens is 259 g/mol. The summed E-state index contributed by atoms with van der Waals surface area (Å²) in [7, 11) is 0. The molecule has 0 aromatic heterocycles. The SMILES string of the molecule is CCCNC(C)c1cc(F)ccc1N1CCSCC1. The Hall–Kier alpha value is -0.740. The van der Waals surface area contributed by atoms with E-state index in [0.717, 1.165) is 43.1 Å². The molecule has 1 aliphatic heterocycles. The summed E-state index contributed by atoms with van der Waals surface area (Å²) < 4.78 is 13.5. The number of thioether (sulfide) groups is 1. The fraction of sp³-hybridized carbons (Fsp3) is 0.600. The van der Waals surface area contributed by atoms with Crippen molar-refractivity contribution in [2.75, 3.05) is 36.0 Å². The second kappa shape index (κ2) is 7.15. The minimum Gasteiger partial charge on any atom is -0.370 e. The summed E-state index contributed by atoms with van der Waals surface area (Å²) in [5.74, 6) is 2.18. The van der Waals surface area contributed by atoms with Gasteiger partial charge in [-0.2, -0.15) is 11.8 Å². The largest absolute Gasteiger partial charge is 0.370 e. The number of hydrogen-bond acceptors (Lipinski definition) is 3. The molecule has 2 nitrogen and oxygen atoms in total. The van der Waals surface area contributed by atoms with Crippen LogP contribution in [0.1, 0.15) is 31.9 Å².